The highest BCUT2D eigenvalue weighted by Crippen LogP contribution is 2.38. The number of rotatable bonds is 2. The Bertz CT molecular complexity index is 1130. The van der Waals surface area contributed by atoms with Crippen LogP contribution in [0.1, 0.15) is 29.8 Å². The lowest BCUT2D eigenvalue weighted by molar-refractivity contribution is 0.671. The Labute approximate surface area is 172 Å². The minimum Gasteiger partial charge on any atom is -0.233 e. The highest BCUT2D eigenvalue weighted by Gasteiger charge is 2.23. The van der Waals surface area contributed by atoms with Crippen LogP contribution in [0.15, 0.2) is 54.6 Å². The third-order valence-electron chi connectivity index (χ3n) is 5.40. The zero-order valence-corrected chi connectivity index (χ0v) is 17.4. The number of fused-ring (bicyclic) bond motifs is 2. The summed E-state index contributed by atoms with van der Waals surface area (Å²) in [5.41, 5.74) is 8.37. The number of halogens is 1. The van der Waals surface area contributed by atoms with Crippen LogP contribution < -0.4 is 0 Å². The van der Waals surface area contributed by atoms with Gasteiger partial charge in [0.05, 0.1) is 16.8 Å². The second-order valence-electron chi connectivity index (χ2n) is 7.16. The molecule has 4 heteroatoms. The predicted octanol–water partition coefficient (Wildman–Crippen LogP) is 5.88. The fourth-order valence-electron chi connectivity index (χ4n) is 4.16. The minimum atomic E-state index is 0.980. The van der Waals surface area contributed by atoms with E-state index in [2.05, 4.69) is 78.0 Å². The fraction of sp³-hybridized carbons (Fsp3) is 0.217. The Hall–Kier alpha value is -2.21. The minimum absolute atomic E-state index is 0.980. The quantitative estimate of drug-likeness (QED) is 0.346. The third-order valence-corrected chi connectivity index (χ3v) is 6.12. The van der Waals surface area contributed by atoms with Crippen LogP contribution in [0.2, 0.25) is 0 Å². The topological polar surface area (TPSA) is 30.7 Å². The molecule has 0 N–H and O–H groups in total. The summed E-state index contributed by atoms with van der Waals surface area (Å²) >= 11 is 2.37. The van der Waals surface area contributed by atoms with Crippen LogP contribution in [-0.2, 0) is 12.8 Å². The first kappa shape index (κ1) is 16.9. The Kier molecular flexibility index (Phi) is 4.23. The second-order valence-corrected chi connectivity index (χ2v) is 8.40. The van der Waals surface area contributed by atoms with Gasteiger partial charge in [-0.2, -0.15) is 5.10 Å². The summed E-state index contributed by atoms with van der Waals surface area (Å²) in [6.07, 6.45) is 4.62. The molecule has 134 valence electrons. The van der Waals surface area contributed by atoms with Crippen LogP contribution in [0.5, 0.6) is 0 Å². The van der Waals surface area contributed by atoms with Crippen molar-refractivity contribution >= 4 is 33.6 Å². The highest BCUT2D eigenvalue weighted by atomic mass is 127. The van der Waals surface area contributed by atoms with Crippen LogP contribution in [-0.4, -0.2) is 14.8 Å². The Balaban J connectivity index is 1.87. The molecular formula is C23H20IN3. The standard InChI is InChI=1S/C23H20IN3/c1-15-21-22(16-11-13-17(24)14-12-16)19-9-5-6-10-20(19)25-23(21)27(26-15)18-7-3-2-4-8-18/h2-4,7-8,11-14H,5-6,9-10H2,1H3. The van der Waals surface area contributed by atoms with Gasteiger partial charge in [-0.25, -0.2) is 9.67 Å². The van der Waals surface area contributed by atoms with E-state index < -0.39 is 0 Å². The molecule has 1 aliphatic carbocycles. The van der Waals surface area contributed by atoms with E-state index >= 15 is 0 Å². The molecule has 2 aromatic carbocycles. The fourth-order valence-corrected chi connectivity index (χ4v) is 4.52. The zero-order chi connectivity index (χ0) is 18.4. The molecule has 0 fully saturated rings. The molecule has 0 amide bonds. The number of hydrogen-bond acceptors (Lipinski definition) is 2. The average molecular weight is 465 g/mol. The summed E-state index contributed by atoms with van der Waals surface area (Å²) in [4.78, 5) is 5.12. The summed E-state index contributed by atoms with van der Waals surface area (Å²) in [6, 6.07) is 19.2. The van der Waals surface area contributed by atoms with Gasteiger partial charge in [-0.15, -0.1) is 0 Å². The number of nitrogens with zero attached hydrogens (tertiary/aromatic N) is 3. The first-order chi connectivity index (χ1) is 13.2. The van der Waals surface area contributed by atoms with Gasteiger partial charge in [0.1, 0.15) is 0 Å². The van der Waals surface area contributed by atoms with Gasteiger partial charge in [0.2, 0.25) is 0 Å². The largest absolute Gasteiger partial charge is 0.233 e. The highest BCUT2D eigenvalue weighted by molar-refractivity contribution is 14.1. The van der Waals surface area contributed by atoms with Crippen molar-refractivity contribution in [1.29, 1.82) is 0 Å². The van der Waals surface area contributed by atoms with E-state index in [1.807, 2.05) is 10.7 Å². The zero-order valence-electron chi connectivity index (χ0n) is 15.2. The van der Waals surface area contributed by atoms with Gasteiger partial charge in [0, 0.05) is 9.26 Å². The SMILES string of the molecule is Cc1nn(-c2ccccc2)c2nc3c(c(-c4ccc(I)cc4)c12)CCCC3. The summed E-state index contributed by atoms with van der Waals surface area (Å²) in [7, 11) is 0. The van der Waals surface area contributed by atoms with Gasteiger partial charge in [-0.05, 0) is 96.2 Å². The van der Waals surface area contributed by atoms with Gasteiger partial charge in [-0.3, -0.25) is 0 Å². The van der Waals surface area contributed by atoms with E-state index in [1.165, 1.54) is 44.2 Å². The lowest BCUT2D eigenvalue weighted by Crippen LogP contribution is -2.09. The van der Waals surface area contributed by atoms with Crippen molar-refractivity contribution in [2.24, 2.45) is 0 Å². The Morgan fingerprint density at radius 3 is 2.44 bits per heavy atom. The van der Waals surface area contributed by atoms with E-state index in [0.717, 1.165) is 29.9 Å². The lowest BCUT2D eigenvalue weighted by atomic mass is 9.87. The molecule has 2 heterocycles. The number of aryl methyl sites for hydroxylation is 2. The second kappa shape index (κ2) is 6.75. The van der Waals surface area contributed by atoms with Crippen molar-refractivity contribution in [3.8, 4) is 16.8 Å². The number of hydrogen-bond donors (Lipinski definition) is 0. The van der Waals surface area contributed by atoms with E-state index in [4.69, 9.17) is 10.1 Å². The first-order valence-corrected chi connectivity index (χ1v) is 10.5. The molecule has 0 spiro atoms. The van der Waals surface area contributed by atoms with E-state index in [9.17, 15) is 0 Å². The van der Waals surface area contributed by atoms with Crippen molar-refractivity contribution in [1.82, 2.24) is 14.8 Å². The molecule has 0 saturated carbocycles. The number of para-hydroxylation sites is 1. The molecule has 0 atom stereocenters. The molecule has 0 unspecified atom stereocenters. The Morgan fingerprint density at radius 2 is 1.67 bits per heavy atom. The van der Waals surface area contributed by atoms with Crippen LogP contribution in [0.3, 0.4) is 0 Å². The van der Waals surface area contributed by atoms with Crippen molar-refractivity contribution in [3.63, 3.8) is 0 Å². The molecule has 2 aromatic heterocycles. The van der Waals surface area contributed by atoms with E-state index in [-0.39, 0.29) is 0 Å². The number of benzene rings is 2. The van der Waals surface area contributed by atoms with Gasteiger partial charge in [0.25, 0.3) is 0 Å². The molecule has 5 rings (SSSR count). The maximum absolute atomic E-state index is 5.12. The van der Waals surface area contributed by atoms with Gasteiger partial charge < -0.3 is 0 Å². The molecule has 3 nitrogen and oxygen atoms in total. The lowest BCUT2D eigenvalue weighted by Gasteiger charge is -2.20. The van der Waals surface area contributed by atoms with Crippen LogP contribution in [0.4, 0.5) is 0 Å². The molecule has 1 aliphatic rings. The van der Waals surface area contributed by atoms with Crippen molar-refractivity contribution in [3.05, 3.63) is 75.1 Å². The first-order valence-electron chi connectivity index (χ1n) is 9.45. The molecule has 27 heavy (non-hydrogen) atoms. The maximum atomic E-state index is 5.12. The average Bonchev–Trinajstić information content (AvgIpc) is 3.04. The van der Waals surface area contributed by atoms with Crippen LogP contribution in [0, 0.1) is 10.5 Å². The van der Waals surface area contributed by atoms with Gasteiger partial charge in [-0.1, -0.05) is 30.3 Å². The van der Waals surface area contributed by atoms with Crippen LogP contribution in [0.25, 0.3) is 27.8 Å². The smallest absolute Gasteiger partial charge is 0.164 e. The molecule has 0 radical (unpaired) electrons. The number of pyridine rings is 1. The third kappa shape index (κ3) is 2.87. The summed E-state index contributed by atoms with van der Waals surface area (Å²) in [5, 5.41) is 6.08. The summed E-state index contributed by atoms with van der Waals surface area (Å²) < 4.78 is 3.27. The molecule has 0 bridgehead atoms. The molecule has 4 aromatic rings. The Morgan fingerprint density at radius 1 is 0.926 bits per heavy atom. The molecule has 0 saturated heterocycles. The van der Waals surface area contributed by atoms with E-state index in [1.54, 1.807) is 0 Å². The molecule has 0 aliphatic heterocycles. The maximum Gasteiger partial charge on any atom is 0.164 e. The summed E-state index contributed by atoms with van der Waals surface area (Å²) in [5.74, 6) is 0. The van der Waals surface area contributed by atoms with E-state index in [0.29, 0.717) is 0 Å². The predicted molar refractivity (Wildman–Crippen MR) is 118 cm³/mol. The molecular weight excluding hydrogens is 445 g/mol. The monoisotopic (exact) mass is 465 g/mol. The normalized spacial score (nSPS) is 13.7. The van der Waals surface area contributed by atoms with Crippen molar-refractivity contribution in [2.75, 3.05) is 0 Å². The van der Waals surface area contributed by atoms with Crippen molar-refractivity contribution in [2.45, 2.75) is 32.6 Å². The van der Waals surface area contributed by atoms with Crippen LogP contribution >= 0.6 is 22.6 Å². The summed E-state index contributed by atoms with van der Waals surface area (Å²) in [6.45, 7) is 2.11. The van der Waals surface area contributed by atoms with Crippen molar-refractivity contribution < 1.29 is 0 Å². The number of aromatic nitrogens is 3. The van der Waals surface area contributed by atoms with Gasteiger partial charge >= 0.3 is 0 Å². The van der Waals surface area contributed by atoms with Gasteiger partial charge in [0.15, 0.2) is 5.65 Å².